The molecule has 0 bridgehead atoms. The van der Waals surface area contributed by atoms with Crippen molar-refractivity contribution in [3.8, 4) is 44.5 Å². The highest BCUT2D eigenvalue weighted by atomic mass is 14.2. The van der Waals surface area contributed by atoms with Crippen LogP contribution in [-0.4, -0.2) is 0 Å². The van der Waals surface area contributed by atoms with Gasteiger partial charge in [-0.15, -0.1) is 0 Å². The molecule has 0 heteroatoms. The molecule has 0 aromatic heterocycles. The molecule has 0 aliphatic rings. The standard InChI is InChI=1S/C42H28/c1-2-13-31(14-3-1)41-37-19-6-8-21-39(37)42(40-22-9-7-20-38(40)41)32-26-24-29(25-27-32)33-16-10-17-34(28-33)36-23-11-15-30-12-4-5-18-35(30)36/h1-28H/i1D,2D,3D,4D,5D,6D,7D,8D,9D,11D,12D,13D,14D,15D,18D,19D,20D,21D,22D,23D. The Hall–Kier alpha value is -5.46. The van der Waals surface area contributed by atoms with Crippen molar-refractivity contribution >= 4 is 32.3 Å². The van der Waals surface area contributed by atoms with Crippen molar-refractivity contribution in [3.05, 3.63) is 169 Å². The van der Waals surface area contributed by atoms with Gasteiger partial charge in [-0.1, -0.05) is 163 Å². The van der Waals surface area contributed by atoms with Gasteiger partial charge in [0.25, 0.3) is 0 Å². The Morgan fingerprint density at radius 2 is 0.833 bits per heavy atom. The summed E-state index contributed by atoms with van der Waals surface area (Å²) in [7, 11) is 0. The Kier molecular flexibility index (Phi) is 2.77. The third-order valence-electron chi connectivity index (χ3n) is 7.10. The largest absolute Gasteiger partial charge is 0.0629 e. The Morgan fingerprint density at radius 1 is 0.333 bits per heavy atom. The number of fused-ring (bicyclic) bond motifs is 3. The zero-order valence-corrected chi connectivity index (χ0v) is 21.6. The maximum Gasteiger partial charge on any atom is 0.0629 e. The monoisotopic (exact) mass is 552 g/mol. The fourth-order valence-electron chi connectivity index (χ4n) is 5.25. The molecule has 0 radical (unpaired) electrons. The third kappa shape index (κ3) is 4.08. The van der Waals surface area contributed by atoms with E-state index in [0.29, 0.717) is 16.7 Å². The Bertz CT molecular complexity index is 3220. The van der Waals surface area contributed by atoms with Crippen molar-refractivity contribution in [2.45, 2.75) is 0 Å². The normalized spacial score (nSPS) is 18.0. The van der Waals surface area contributed by atoms with Gasteiger partial charge in [0.1, 0.15) is 0 Å². The summed E-state index contributed by atoms with van der Waals surface area (Å²) in [6.45, 7) is 0. The Labute approximate surface area is 274 Å². The van der Waals surface area contributed by atoms with Gasteiger partial charge < -0.3 is 0 Å². The van der Waals surface area contributed by atoms with Crippen LogP contribution in [0, 0.1) is 0 Å². The van der Waals surface area contributed by atoms with Crippen LogP contribution in [0.15, 0.2) is 169 Å². The first-order valence-electron chi connectivity index (χ1n) is 22.9. The summed E-state index contributed by atoms with van der Waals surface area (Å²) in [5.41, 5.74) is 0.676. The lowest BCUT2D eigenvalue weighted by Crippen LogP contribution is -1.90. The summed E-state index contributed by atoms with van der Waals surface area (Å²) in [5.74, 6) is 0. The number of hydrogen-bond acceptors (Lipinski definition) is 0. The minimum absolute atomic E-state index is 0.0203. The lowest BCUT2D eigenvalue weighted by molar-refractivity contribution is 1.60. The first kappa shape index (κ1) is 11.4. The van der Waals surface area contributed by atoms with Gasteiger partial charge in [-0.3, -0.25) is 0 Å². The van der Waals surface area contributed by atoms with Gasteiger partial charge in [0.2, 0.25) is 0 Å². The van der Waals surface area contributed by atoms with Crippen LogP contribution in [-0.2, 0) is 0 Å². The Balaban J connectivity index is 1.44. The van der Waals surface area contributed by atoms with Gasteiger partial charge in [0.05, 0.1) is 27.4 Å². The number of benzene rings is 8. The molecular weight excluding hydrogens is 504 g/mol. The van der Waals surface area contributed by atoms with E-state index < -0.39 is 126 Å². The molecule has 8 aromatic rings. The number of hydrogen-bond donors (Lipinski definition) is 0. The minimum Gasteiger partial charge on any atom is -0.0622 e. The zero-order chi connectivity index (χ0) is 45.3. The molecule has 0 fully saturated rings. The lowest BCUT2D eigenvalue weighted by atomic mass is 9.85. The molecule has 8 rings (SSSR count). The highest BCUT2D eigenvalue weighted by Gasteiger charge is 2.16. The van der Waals surface area contributed by atoms with E-state index >= 15 is 0 Å². The van der Waals surface area contributed by atoms with E-state index in [1.807, 2.05) is 0 Å². The quantitative estimate of drug-likeness (QED) is 0.190. The van der Waals surface area contributed by atoms with Crippen LogP contribution < -0.4 is 0 Å². The highest BCUT2D eigenvalue weighted by molar-refractivity contribution is 6.21. The molecule has 0 unspecified atom stereocenters. The zero-order valence-electron chi connectivity index (χ0n) is 41.6. The number of rotatable bonds is 4. The van der Waals surface area contributed by atoms with E-state index in [-0.39, 0.29) is 54.6 Å². The second kappa shape index (κ2) is 10.2. The maximum atomic E-state index is 9.17. The second-order valence-corrected chi connectivity index (χ2v) is 9.41. The van der Waals surface area contributed by atoms with Crippen molar-refractivity contribution in [3.63, 3.8) is 0 Å². The third-order valence-corrected chi connectivity index (χ3v) is 7.10. The van der Waals surface area contributed by atoms with Gasteiger partial charge >= 0.3 is 0 Å². The molecule has 0 aliphatic heterocycles. The second-order valence-electron chi connectivity index (χ2n) is 9.41. The summed E-state index contributed by atoms with van der Waals surface area (Å²) in [5, 5.41) is -1.41. The fraction of sp³-hybridized carbons (Fsp3) is 0. The molecule has 0 saturated carbocycles. The molecule has 196 valence electrons. The molecule has 0 spiro atoms. The van der Waals surface area contributed by atoms with Crippen molar-refractivity contribution < 1.29 is 27.4 Å². The van der Waals surface area contributed by atoms with Gasteiger partial charge in [-0.05, 0) is 82.9 Å². The van der Waals surface area contributed by atoms with Gasteiger partial charge in [-0.25, -0.2) is 0 Å². The summed E-state index contributed by atoms with van der Waals surface area (Å²) >= 11 is 0. The van der Waals surface area contributed by atoms with Crippen LogP contribution in [0.4, 0.5) is 0 Å². The molecule has 0 atom stereocenters. The van der Waals surface area contributed by atoms with E-state index in [9.17, 15) is 0 Å². The molecule has 0 saturated heterocycles. The topological polar surface area (TPSA) is 0 Å². The average Bonchev–Trinajstić information content (AvgIpc) is 3.27. The maximum absolute atomic E-state index is 9.17. The van der Waals surface area contributed by atoms with Crippen molar-refractivity contribution in [1.29, 1.82) is 0 Å². The van der Waals surface area contributed by atoms with Crippen LogP contribution in [0.2, 0.25) is 0 Å². The molecule has 0 N–H and O–H groups in total. The summed E-state index contributed by atoms with van der Waals surface area (Å²) in [6.07, 6.45) is 0. The average molecular weight is 553 g/mol. The lowest BCUT2D eigenvalue weighted by Gasteiger charge is -2.18. The summed E-state index contributed by atoms with van der Waals surface area (Å²) < 4.78 is 173. The molecule has 0 nitrogen and oxygen atoms in total. The molecule has 0 aliphatic carbocycles. The highest BCUT2D eigenvalue weighted by Crippen LogP contribution is 2.43. The first-order valence-corrected chi connectivity index (χ1v) is 12.9. The minimum atomic E-state index is -0.766. The Morgan fingerprint density at radius 3 is 1.50 bits per heavy atom. The van der Waals surface area contributed by atoms with E-state index in [1.54, 1.807) is 48.5 Å². The van der Waals surface area contributed by atoms with Gasteiger partial charge in [-0.2, -0.15) is 0 Å². The van der Waals surface area contributed by atoms with Crippen LogP contribution in [0.5, 0.6) is 0 Å². The molecule has 0 amide bonds. The van der Waals surface area contributed by atoms with Crippen LogP contribution in [0.25, 0.3) is 76.8 Å². The van der Waals surface area contributed by atoms with E-state index in [0.717, 1.165) is 0 Å². The molecule has 8 aromatic carbocycles. The van der Waals surface area contributed by atoms with Gasteiger partial charge in [0, 0.05) is 0 Å². The predicted octanol–water partition coefficient (Wildman–Crippen LogP) is 11.8. The van der Waals surface area contributed by atoms with Crippen LogP contribution in [0.3, 0.4) is 0 Å². The fourth-order valence-corrected chi connectivity index (χ4v) is 5.25. The van der Waals surface area contributed by atoms with Crippen molar-refractivity contribution in [2.75, 3.05) is 0 Å². The van der Waals surface area contributed by atoms with Crippen LogP contribution >= 0.6 is 0 Å². The molecular formula is C42H28. The molecule has 42 heavy (non-hydrogen) atoms. The smallest absolute Gasteiger partial charge is 0.0622 e. The summed E-state index contributed by atoms with van der Waals surface area (Å²) in [6, 6.07) is 0.191. The van der Waals surface area contributed by atoms with Gasteiger partial charge in [0.15, 0.2) is 0 Å². The predicted molar refractivity (Wildman–Crippen MR) is 181 cm³/mol. The summed E-state index contributed by atoms with van der Waals surface area (Å²) in [4.78, 5) is 0. The first-order chi connectivity index (χ1) is 29.1. The van der Waals surface area contributed by atoms with E-state index in [2.05, 4.69) is 0 Å². The van der Waals surface area contributed by atoms with E-state index in [1.165, 1.54) is 0 Å². The van der Waals surface area contributed by atoms with Crippen molar-refractivity contribution in [1.82, 2.24) is 0 Å². The molecule has 0 heterocycles. The van der Waals surface area contributed by atoms with Crippen LogP contribution in [0.1, 0.15) is 27.4 Å². The SMILES string of the molecule is [2H]c1c([2H])c([2H])c(-c2c3c([2H])c([2H])c([2H])c([2H])c3c(-c3ccc(-c4cccc(-c5c([2H])c([2H])c([2H])c6c([2H])c([2H])c([2H])c([2H])c56)c4)cc3)c3c([2H])c([2H])c([2H])c([2H])c23)c([2H])c1[2H]. The van der Waals surface area contributed by atoms with Crippen molar-refractivity contribution in [2.24, 2.45) is 0 Å². The van der Waals surface area contributed by atoms with E-state index in [4.69, 9.17) is 27.4 Å².